The number of benzene rings is 2. The van der Waals surface area contributed by atoms with Crippen LogP contribution in [-0.4, -0.2) is 25.4 Å². The molecule has 0 aliphatic heterocycles. The molecule has 0 saturated heterocycles. The number of amides is 1. The topological polar surface area (TPSA) is 72.7 Å². The Bertz CT molecular complexity index is 1230. The summed E-state index contributed by atoms with van der Waals surface area (Å²) in [4.78, 5) is 25.6. The molecule has 146 valence electrons. The van der Waals surface area contributed by atoms with Crippen molar-refractivity contribution in [2.45, 2.75) is 27.3 Å². The van der Waals surface area contributed by atoms with Crippen LogP contribution in [0.25, 0.3) is 16.7 Å². The standard InChI is InChI=1S/C22H20FN5O/c1-13-14(2)27-20-11-17(5-6-19(20)26-13)22(29)25-12-16-4-7-21(18(23)10-16)28-9-8-24-15(28)3/h4-11H,12H2,1-3H3,(H,25,29). The number of aromatic nitrogens is 4. The minimum Gasteiger partial charge on any atom is -0.348 e. The van der Waals surface area contributed by atoms with Gasteiger partial charge in [-0.15, -0.1) is 0 Å². The lowest BCUT2D eigenvalue weighted by molar-refractivity contribution is 0.0951. The largest absolute Gasteiger partial charge is 0.348 e. The zero-order chi connectivity index (χ0) is 20.5. The molecule has 0 fully saturated rings. The number of nitrogens with one attached hydrogen (secondary N) is 1. The second-order valence-electron chi connectivity index (χ2n) is 6.91. The Kier molecular flexibility index (Phi) is 4.80. The molecule has 2 aromatic carbocycles. The quantitative estimate of drug-likeness (QED) is 0.576. The van der Waals surface area contributed by atoms with Crippen LogP contribution >= 0.6 is 0 Å². The Morgan fingerprint density at radius 1 is 1.03 bits per heavy atom. The first-order valence-electron chi connectivity index (χ1n) is 9.24. The molecule has 4 rings (SSSR count). The molecule has 0 atom stereocenters. The van der Waals surface area contributed by atoms with E-state index in [1.165, 1.54) is 6.07 Å². The third-order valence-corrected chi connectivity index (χ3v) is 4.89. The summed E-state index contributed by atoms with van der Waals surface area (Å²) < 4.78 is 16.2. The van der Waals surface area contributed by atoms with Crippen molar-refractivity contribution in [3.8, 4) is 5.69 Å². The molecule has 0 bridgehead atoms. The number of imidazole rings is 1. The summed E-state index contributed by atoms with van der Waals surface area (Å²) in [6.07, 6.45) is 3.33. The monoisotopic (exact) mass is 389 g/mol. The Morgan fingerprint density at radius 2 is 1.79 bits per heavy atom. The van der Waals surface area contributed by atoms with Crippen molar-refractivity contribution in [3.63, 3.8) is 0 Å². The van der Waals surface area contributed by atoms with Gasteiger partial charge in [0.15, 0.2) is 0 Å². The van der Waals surface area contributed by atoms with Crippen LogP contribution < -0.4 is 5.32 Å². The maximum absolute atomic E-state index is 14.5. The van der Waals surface area contributed by atoms with Gasteiger partial charge in [-0.3, -0.25) is 4.79 Å². The molecular formula is C22H20FN5O. The molecule has 2 aromatic heterocycles. The number of rotatable bonds is 4. The molecule has 4 aromatic rings. The summed E-state index contributed by atoms with van der Waals surface area (Å²) >= 11 is 0. The lowest BCUT2D eigenvalue weighted by atomic mass is 10.1. The van der Waals surface area contributed by atoms with Crippen molar-refractivity contribution in [1.29, 1.82) is 0 Å². The van der Waals surface area contributed by atoms with Gasteiger partial charge in [-0.05, 0) is 56.7 Å². The van der Waals surface area contributed by atoms with E-state index in [1.54, 1.807) is 47.3 Å². The number of halogens is 1. The van der Waals surface area contributed by atoms with Crippen LogP contribution in [0.1, 0.15) is 33.1 Å². The molecule has 0 saturated carbocycles. The lowest BCUT2D eigenvalue weighted by Gasteiger charge is -2.10. The third-order valence-electron chi connectivity index (χ3n) is 4.89. The molecule has 7 heteroatoms. The van der Waals surface area contributed by atoms with Crippen molar-refractivity contribution in [2.75, 3.05) is 0 Å². The molecule has 0 aliphatic carbocycles. The van der Waals surface area contributed by atoms with E-state index in [4.69, 9.17) is 0 Å². The number of fused-ring (bicyclic) bond motifs is 1. The minimum atomic E-state index is -0.371. The van der Waals surface area contributed by atoms with E-state index in [-0.39, 0.29) is 18.3 Å². The van der Waals surface area contributed by atoms with Crippen molar-refractivity contribution in [2.24, 2.45) is 0 Å². The van der Waals surface area contributed by atoms with E-state index in [1.807, 2.05) is 20.8 Å². The summed E-state index contributed by atoms with van der Waals surface area (Å²) in [7, 11) is 0. The van der Waals surface area contributed by atoms with Crippen LogP contribution in [0, 0.1) is 26.6 Å². The highest BCUT2D eigenvalue weighted by molar-refractivity contribution is 5.97. The summed E-state index contributed by atoms with van der Waals surface area (Å²) in [5.74, 6) is 0.0846. The molecule has 2 heterocycles. The first-order chi connectivity index (χ1) is 13.9. The van der Waals surface area contributed by atoms with E-state index in [0.29, 0.717) is 28.2 Å². The summed E-state index contributed by atoms with van der Waals surface area (Å²) in [6, 6.07) is 10.1. The molecule has 29 heavy (non-hydrogen) atoms. The molecule has 1 N–H and O–H groups in total. The van der Waals surface area contributed by atoms with Gasteiger partial charge in [-0.2, -0.15) is 0 Å². The first-order valence-corrected chi connectivity index (χ1v) is 9.24. The maximum Gasteiger partial charge on any atom is 0.251 e. The van der Waals surface area contributed by atoms with Gasteiger partial charge in [0.25, 0.3) is 5.91 Å². The number of hydrogen-bond donors (Lipinski definition) is 1. The van der Waals surface area contributed by atoms with Crippen LogP contribution in [0.4, 0.5) is 4.39 Å². The van der Waals surface area contributed by atoms with E-state index in [0.717, 1.165) is 16.9 Å². The molecule has 0 spiro atoms. The molecule has 1 amide bonds. The van der Waals surface area contributed by atoms with Crippen LogP contribution in [0.15, 0.2) is 48.8 Å². The fourth-order valence-corrected chi connectivity index (χ4v) is 3.14. The molecule has 6 nitrogen and oxygen atoms in total. The number of carbonyl (C=O) groups is 1. The lowest BCUT2D eigenvalue weighted by Crippen LogP contribution is -2.23. The van der Waals surface area contributed by atoms with Gasteiger partial charge in [0.2, 0.25) is 0 Å². The van der Waals surface area contributed by atoms with Crippen molar-refractivity contribution in [3.05, 3.63) is 82.9 Å². The zero-order valence-electron chi connectivity index (χ0n) is 16.4. The highest BCUT2D eigenvalue weighted by Gasteiger charge is 2.11. The van der Waals surface area contributed by atoms with Crippen molar-refractivity contribution >= 4 is 16.9 Å². The van der Waals surface area contributed by atoms with Gasteiger partial charge >= 0.3 is 0 Å². The molecule has 0 aliphatic rings. The SMILES string of the molecule is Cc1nc2ccc(C(=O)NCc3ccc(-n4ccnc4C)c(F)c3)cc2nc1C. The summed E-state index contributed by atoms with van der Waals surface area (Å²) in [5.41, 5.74) is 4.70. The normalized spacial score (nSPS) is 11.0. The highest BCUT2D eigenvalue weighted by atomic mass is 19.1. The Balaban J connectivity index is 1.49. The van der Waals surface area contributed by atoms with Gasteiger partial charge in [0, 0.05) is 24.5 Å². The van der Waals surface area contributed by atoms with Gasteiger partial charge in [0.1, 0.15) is 11.6 Å². The number of carbonyl (C=O) groups excluding carboxylic acids is 1. The van der Waals surface area contributed by atoms with Gasteiger partial charge in [-0.1, -0.05) is 6.07 Å². The Labute approximate surface area is 167 Å². The molecular weight excluding hydrogens is 369 g/mol. The van der Waals surface area contributed by atoms with Gasteiger partial charge in [-0.25, -0.2) is 19.3 Å². The zero-order valence-corrected chi connectivity index (χ0v) is 16.4. The fraction of sp³-hybridized carbons (Fsp3) is 0.182. The summed E-state index contributed by atoms with van der Waals surface area (Å²) in [5, 5.41) is 2.83. The van der Waals surface area contributed by atoms with Gasteiger partial charge < -0.3 is 9.88 Å². The predicted molar refractivity (Wildman–Crippen MR) is 108 cm³/mol. The van der Waals surface area contributed by atoms with Crippen molar-refractivity contribution in [1.82, 2.24) is 24.8 Å². The predicted octanol–water partition coefficient (Wildman–Crippen LogP) is 3.81. The maximum atomic E-state index is 14.5. The second-order valence-corrected chi connectivity index (χ2v) is 6.91. The number of nitrogens with zero attached hydrogens (tertiary/aromatic N) is 4. The van der Waals surface area contributed by atoms with Gasteiger partial charge in [0.05, 0.1) is 28.1 Å². The smallest absolute Gasteiger partial charge is 0.251 e. The average molecular weight is 389 g/mol. The van der Waals surface area contributed by atoms with Crippen LogP contribution in [0.3, 0.4) is 0 Å². The van der Waals surface area contributed by atoms with Crippen molar-refractivity contribution < 1.29 is 9.18 Å². The Morgan fingerprint density at radius 3 is 2.48 bits per heavy atom. The molecule has 0 unspecified atom stereocenters. The Hall–Kier alpha value is -3.61. The summed E-state index contributed by atoms with van der Waals surface area (Å²) in [6.45, 7) is 5.82. The van der Waals surface area contributed by atoms with Crippen LogP contribution in [0.2, 0.25) is 0 Å². The first kappa shape index (κ1) is 18.7. The number of aryl methyl sites for hydroxylation is 3. The minimum absolute atomic E-state index is 0.218. The van der Waals surface area contributed by atoms with Crippen LogP contribution in [0.5, 0.6) is 0 Å². The third kappa shape index (κ3) is 3.71. The molecule has 0 radical (unpaired) electrons. The highest BCUT2D eigenvalue weighted by Crippen LogP contribution is 2.18. The average Bonchev–Trinajstić information content (AvgIpc) is 3.12. The number of hydrogen-bond acceptors (Lipinski definition) is 4. The van der Waals surface area contributed by atoms with E-state index in [9.17, 15) is 9.18 Å². The van der Waals surface area contributed by atoms with E-state index < -0.39 is 0 Å². The second kappa shape index (κ2) is 7.43. The van der Waals surface area contributed by atoms with E-state index >= 15 is 0 Å². The van der Waals surface area contributed by atoms with Crippen LogP contribution in [-0.2, 0) is 6.54 Å². The fourth-order valence-electron chi connectivity index (χ4n) is 3.14. The van der Waals surface area contributed by atoms with E-state index in [2.05, 4.69) is 20.3 Å².